The van der Waals surface area contributed by atoms with Gasteiger partial charge in [0.15, 0.2) is 0 Å². The quantitative estimate of drug-likeness (QED) is 0.699. The van der Waals surface area contributed by atoms with Crippen LogP contribution in [-0.4, -0.2) is 16.8 Å². The van der Waals surface area contributed by atoms with E-state index in [0.29, 0.717) is 16.9 Å². The fourth-order valence-corrected chi connectivity index (χ4v) is 2.42. The lowest BCUT2D eigenvalue weighted by Gasteiger charge is -2.12. The van der Waals surface area contributed by atoms with Crippen LogP contribution >= 0.6 is 0 Å². The second-order valence-corrected chi connectivity index (χ2v) is 5.69. The number of carbonyl (C=O) groups is 2. The molecule has 1 heterocycles. The van der Waals surface area contributed by atoms with Gasteiger partial charge in [-0.2, -0.15) is 4.39 Å². The zero-order chi connectivity index (χ0) is 18.5. The van der Waals surface area contributed by atoms with Gasteiger partial charge in [-0.1, -0.05) is 24.3 Å². The third kappa shape index (κ3) is 4.10. The van der Waals surface area contributed by atoms with Crippen molar-refractivity contribution in [2.75, 3.05) is 10.6 Å². The number of para-hydroxylation sites is 1. The Morgan fingerprint density at radius 3 is 2.46 bits per heavy atom. The lowest BCUT2D eigenvalue weighted by atomic mass is 10.1. The van der Waals surface area contributed by atoms with Crippen LogP contribution < -0.4 is 10.6 Å². The maximum absolute atomic E-state index is 12.9. The van der Waals surface area contributed by atoms with E-state index in [9.17, 15) is 14.0 Å². The molecule has 0 spiro atoms. The van der Waals surface area contributed by atoms with Gasteiger partial charge in [0.05, 0.1) is 16.8 Å². The second kappa shape index (κ2) is 7.57. The molecule has 0 aliphatic heterocycles. The molecule has 5 nitrogen and oxygen atoms in total. The molecule has 26 heavy (non-hydrogen) atoms. The first kappa shape index (κ1) is 17.3. The molecule has 6 heteroatoms. The van der Waals surface area contributed by atoms with Crippen molar-refractivity contribution in [2.45, 2.75) is 6.92 Å². The number of hydrogen-bond donors (Lipinski definition) is 2. The van der Waals surface area contributed by atoms with Gasteiger partial charge in [-0.15, -0.1) is 0 Å². The monoisotopic (exact) mass is 349 g/mol. The summed E-state index contributed by atoms with van der Waals surface area (Å²) >= 11 is 0. The highest BCUT2D eigenvalue weighted by Gasteiger charge is 2.14. The summed E-state index contributed by atoms with van der Waals surface area (Å²) in [6.45, 7) is 1.93. The lowest BCUT2D eigenvalue weighted by molar-refractivity contribution is 0.102. The van der Waals surface area contributed by atoms with Crippen molar-refractivity contribution in [3.63, 3.8) is 0 Å². The molecular weight excluding hydrogens is 333 g/mol. The Morgan fingerprint density at radius 1 is 0.923 bits per heavy atom. The maximum Gasteiger partial charge on any atom is 0.257 e. The number of nitrogens with zero attached hydrogens (tertiary/aromatic N) is 1. The molecule has 2 aromatic carbocycles. The van der Waals surface area contributed by atoms with Crippen molar-refractivity contribution in [3.8, 4) is 0 Å². The molecular formula is C20H16FN3O2. The Morgan fingerprint density at radius 2 is 1.73 bits per heavy atom. The summed E-state index contributed by atoms with van der Waals surface area (Å²) in [5.41, 5.74) is 2.55. The number of aryl methyl sites for hydroxylation is 1. The average molecular weight is 349 g/mol. The van der Waals surface area contributed by atoms with Gasteiger partial charge in [-0.25, -0.2) is 4.98 Å². The third-order valence-corrected chi connectivity index (χ3v) is 3.69. The van der Waals surface area contributed by atoms with E-state index < -0.39 is 11.9 Å². The first-order valence-electron chi connectivity index (χ1n) is 7.93. The molecule has 0 unspecified atom stereocenters. The highest BCUT2D eigenvalue weighted by Crippen LogP contribution is 2.19. The van der Waals surface area contributed by atoms with Crippen LogP contribution in [0.15, 0.2) is 66.9 Å². The van der Waals surface area contributed by atoms with Gasteiger partial charge < -0.3 is 10.6 Å². The summed E-state index contributed by atoms with van der Waals surface area (Å²) in [5.74, 6) is -1.49. The van der Waals surface area contributed by atoms with Gasteiger partial charge in [-0.3, -0.25) is 9.59 Å². The number of pyridine rings is 1. The number of hydrogen-bond acceptors (Lipinski definition) is 3. The van der Waals surface area contributed by atoms with Crippen molar-refractivity contribution in [1.82, 2.24) is 4.98 Å². The summed E-state index contributed by atoms with van der Waals surface area (Å²) in [6.07, 6.45) is 1.14. The fourth-order valence-electron chi connectivity index (χ4n) is 2.42. The van der Waals surface area contributed by atoms with Crippen LogP contribution in [0.1, 0.15) is 26.3 Å². The zero-order valence-corrected chi connectivity index (χ0v) is 14.0. The number of amides is 2. The number of benzene rings is 2. The smallest absolute Gasteiger partial charge is 0.257 e. The highest BCUT2D eigenvalue weighted by molar-refractivity contribution is 6.12. The van der Waals surface area contributed by atoms with E-state index in [1.54, 1.807) is 30.3 Å². The van der Waals surface area contributed by atoms with Gasteiger partial charge in [-0.05, 0) is 48.9 Å². The predicted molar refractivity (Wildman–Crippen MR) is 97.7 cm³/mol. The highest BCUT2D eigenvalue weighted by atomic mass is 19.1. The van der Waals surface area contributed by atoms with E-state index in [4.69, 9.17) is 0 Å². The molecule has 2 amide bonds. The van der Waals surface area contributed by atoms with Crippen LogP contribution in [0, 0.1) is 12.9 Å². The minimum absolute atomic E-state index is 0.195. The van der Waals surface area contributed by atoms with Crippen LogP contribution in [0.25, 0.3) is 0 Å². The number of carbonyl (C=O) groups excluding carboxylic acids is 2. The molecule has 0 radical (unpaired) electrons. The summed E-state index contributed by atoms with van der Waals surface area (Å²) in [7, 11) is 0. The van der Waals surface area contributed by atoms with Crippen LogP contribution in [0.4, 0.5) is 15.8 Å². The Hall–Kier alpha value is -3.54. The number of rotatable bonds is 4. The molecule has 0 bridgehead atoms. The number of anilines is 2. The van der Waals surface area contributed by atoms with E-state index in [2.05, 4.69) is 15.6 Å². The minimum Gasteiger partial charge on any atom is -0.322 e. The third-order valence-electron chi connectivity index (χ3n) is 3.69. The van der Waals surface area contributed by atoms with E-state index in [-0.39, 0.29) is 11.5 Å². The molecule has 0 aliphatic carbocycles. The summed E-state index contributed by atoms with van der Waals surface area (Å²) in [4.78, 5) is 28.3. The molecule has 0 saturated carbocycles. The topological polar surface area (TPSA) is 71.1 Å². The van der Waals surface area contributed by atoms with Crippen molar-refractivity contribution < 1.29 is 14.0 Å². The Bertz CT molecular complexity index is 955. The minimum atomic E-state index is -0.667. The number of aromatic nitrogens is 1. The van der Waals surface area contributed by atoms with E-state index >= 15 is 0 Å². The lowest BCUT2D eigenvalue weighted by Crippen LogP contribution is -2.18. The largest absolute Gasteiger partial charge is 0.322 e. The normalized spacial score (nSPS) is 10.2. The first-order valence-corrected chi connectivity index (χ1v) is 7.93. The van der Waals surface area contributed by atoms with Gasteiger partial charge in [0.1, 0.15) is 0 Å². The molecule has 3 aromatic rings. The van der Waals surface area contributed by atoms with Gasteiger partial charge >= 0.3 is 0 Å². The molecule has 130 valence electrons. The second-order valence-electron chi connectivity index (χ2n) is 5.69. The van der Waals surface area contributed by atoms with Crippen LogP contribution in [0.3, 0.4) is 0 Å². The van der Waals surface area contributed by atoms with E-state index in [0.717, 1.165) is 17.8 Å². The van der Waals surface area contributed by atoms with Gasteiger partial charge in [0, 0.05) is 11.9 Å². The molecule has 2 N–H and O–H groups in total. The fraction of sp³-hybridized carbons (Fsp3) is 0.0500. The van der Waals surface area contributed by atoms with Crippen molar-refractivity contribution in [1.29, 1.82) is 0 Å². The Labute approximate surface area is 149 Å². The van der Waals surface area contributed by atoms with Crippen molar-refractivity contribution >= 4 is 23.2 Å². The summed E-state index contributed by atoms with van der Waals surface area (Å²) < 4.78 is 12.9. The number of halogens is 1. The van der Waals surface area contributed by atoms with Gasteiger partial charge in [0.25, 0.3) is 11.8 Å². The van der Waals surface area contributed by atoms with E-state index in [1.807, 2.05) is 25.1 Å². The van der Waals surface area contributed by atoms with Crippen LogP contribution in [0.5, 0.6) is 0 Å². The van der Waals surface area contributed by atoms with E-state index in [1.165, 1.54) is 6.07 Å². The average Bonchev–Trinajstić information content (AvgIpc) is 2.62. The molecule has 1 aromatic heterocycles. The molecule has 3 rings (SSSR count). The SMILES string of the molecule is Cc1cccc(NC(=O)c2ccccc2NC(=O)c2ccc(F)nc2)c1. The Kier molecular flexibility index (Phi) is 5.03. The zero-order valence-electron chi connectivity index (χ0n) is 14.0. The van der Waals surface area contributed by atoms with Crippen LogP contribution in [0.2, 0.25) is 0 Å². The molecule has 0 saturated heterocycles. The molecule has 0 atom stereocenters. The Balaban J connectivity index is 1.80. The molecule has 0 fully saturated rings. The summed E-state index contributed by atoms with van der Waals surface area (Å²) in [5, 5.41) is 5.47. The first-order chi connectivity index (χ1) is 12.5. The predicted octanol–water partition coefficient (Wildman–Crippen LogP) is 4.03. The number of nitrogens with one attached hydrogen (secondary N) is 2. The summed E-state index contributed by atoms with van der Waals surface area (Å²) in [6, 6.07) is 16.5. The molecule has 0 aliphatic rings. The maximum atomic E-state index is 12.9. The standard InChI is InChI=1S/C20H16FN3O2/c1-13-5-4-6-15(11-13)23-20(26)16-7-2-3-8-17(16)24-19(25)14-9-10-18(21)22-12-14/h2-12H,1H3,(H,23,26)(H,24,25). The van der Waals surface area contributed by atoms with Crippen molar-refractivity contribution in [2.24, 2.45) is 0 Å². The van der Waals surface area contributed by atoms with Crippen molar-refractivity contribution in [3.05, 3.63) is 89.5 Å². The van der Waals surface area contributed by atoms with Crippen LogP contribution in [-0.2, 0) is 0 Å². The van der Waals surface area contributed by atoms with Gasteiger partial charge in [0.2, 0.25) is 5.95 Å².